The van der Waals surface area contributed by atoms with Gasteiger partial charge in [-0.15, -0.1) is 0 Å². The molecule has 0 bridgehead atoms. The van der Waals surface area contributed by atoms with Gasteiger partial charge >= 0.3 is 11.3 Å². The molecule has 24 heavy (non-hydrogen) atoms. The molecule has 0 aliphatic carbocycles. The number of ether oxygens (including phenoxy) is 1. The number of hydrogen-bond donors (Lipinski definition) is 1. The zero-order valence-electron chi connectivity index (χ0n) is 12.8. The molecular formula is C18H16ClN2O3+. The maximum absolute atomic E-state index is 12.2. The average Bonchev–Trinajstić information content (AvgIpc) is 2.87. The Kier molecular flexibility index (Phi) is 3.96. The van der Waals surface area contributed by atoms with Crippen molar-refractivity contribution in [3.8, 4) is 0 Å². The van der Waals surface area contributed by atoms with Gasteiger partial charge in [-0.2, -0.15) is 0 Å². The standard InChI is InChI=1S/C18H15ClN2O3/c19-14-9-5-4-8-13(14)17-16-18(22)24-20-21(16)11-10-15(23-17)12-6-2-1-3-7-12/h1-9,15,17H,10-11H2/p+1/t15-,17-/m0/s1. The predicted molar refractivity (Wildman–Crippen MR) is 87.7 cm³/mol. The van der Waals surface area contributed by atoms with Crippen LogP contribution in [0.2, 0.25) is 5.02 Å². The SMILES string of the molecule is O=c1o[nH][n+]2c1[C@H](c1ccccc1Cl)O[C@H](c1ccccc1)CC2. The van der Waals surface area contributed by atoms with Gasteiger partial charge in [-0.05, 0) is 16.9 Å². The molecule has 3 aromatic rings. The van der Waals surface area contributed by atoms with E-state index in [1.54, 1.807) is 10.7 Å². The minimum atomic E-state index is -0.589. The Bertz CT molecular complexity index is 904. The van der Waals surface area contributed by atoms with Gasteiger partial charge in [-0.25, -0.2) is 4.79 Å². The van der Waals surface area contributed by atoms with Crippen molar-refractivity contribution in [3.63, 3.8) is 0 Å². The summed E-state index contributed by atoms with van der Waals surface area (Å²) in [5, 5.41) is 3.22. The summed E-state index contributed by atoms with van der Waals surface area (Å²) in [5.74, 6) is 0. The third-order valence-electron chi connectivity index (χ3n) is 4.27. The highest BCUT2D eigenvalue weighted by molar-refractivity contribution is 6.31. The first-order valence-electron chi connectivity index (χ1n) is 7.80. The fraction of sp³-hybridized carbons (Fsp3) is 0.222. The zero-order valence-corrected chi connectivity index (χ0v) is 13.6. The van der Waals surface area contributed by atoms with Crippen LogP contribution < -0.4 is 10.3 Å². The van der Waals surface area contributed by atoms with E-state index in [4.69, 9.17) is 20.9 Å². The summed E-state index contributed by atoms with van der Waals surface area (Å²) in [5.41, 5.74) is 1.82. The van der Waals surface area contributed by atoms with Crippen molar-refractivity contribution >= 4 is 11.6 Å². The van der Waals surface area contributed by atoms with Crippen LogP contribution in [0, 0.1) is 0 Å². The number of benzene rings is 2. The van der Waals surface area contributed by atoms with Gasteiger partial charge in [0.15, 0.2) is 12.6 Å². The van der Waals surface area contributed by atoms with Crippen LogP contribution in [-0.2, 0) is 11.3 Å². The van der Waals surface area contributed by atoms with Crippen LogP contribution in [0.1, 0.15) is 35.4 Å². The number of aromatic amines is 1. The Morgan fingerprint density at radius 2 is 1.83 bits per heavy atom. The van der Waals surface area contributed by atoms with Crippen molar-refractivity contribution in [1.29, 1.82) is 0 Å². The van der Waals surface area contributed by atoms with Crippen LogP contribution in [-0.4, -0.2) is 5.27 Å². The van der Waals surface area contributed by atoms with Crippen molar-refractivity contribution in [2.75, 3.05) is 0 Å². The third-order valence-corrected chi connectivity index (χ3v) is 4.62. The second-order valence-electron chi connectivity index (χ2n) is 5.74. The van der Waals surface area contributed by atoms with Crippen molar-refractivity contribution in [2.24, 2.45) is 0 Å². The van der Waals surface area contributed by atoms with E-state index in [0.717, 1.165) is 17.5 Å². The molecule has 122 valence electrons. The van der Waals surface area contributed by atoms with Crippen molar-refractivity contribution in [3.05, 3.63) is 86.9 Å². The topological polar surface area (TPSA) is 59.1 Å². The van der Waals surface area contributed by atoms with Crippen LogP contribution in [0.4, 0.5) is 0 Å². The van der Waals surface area contributed by atoms with Crippen LogP contribution in [0.3, 0.4) is 0 Å². The van der Waals surface area contributed by atoms with E-state index in [1.165, 1.54) is 0 Å². The van der Waals surface area contributed by atoms with E-state index in [-0.39, 0.29) is 6.10 Å². The average molecular weight is 344 g/mol. The van der Waals surface area contributed by atoms with Gasteiger partial charge < -0.3 is 4.74 Å². The smallest absolute Gasteiger partial charge is 0.354 e. The Balaban J connectivity index is 1.82. The number of rotatable bonds is 2. The summed E-state index contributed by atoms with van der Waals surface area (Å²) < 4.78 is 13.0. The van der Waals surface area contributed by atoms with E-state index in [1.807, 2.05) is 48.5 Å². The Labute approximate surface area is 143 Å². The molecule has 1 aliphatic rings. The fourth-order valence-corrected chi connectivity index (χ4v) is 3.32. The van der Waals surface area contributed by atoms with Gasteiger partial charge in [0.2, 0.25) is 0 Å². The molecule has 2 aromatic carbocycles. The Hall–Kier alpha value is -2.37. The largest absolute Gasteiger partial charge is 0.433 e. The monoisotopic (exact) mass is 343 g/mol. The molecule has 0 amide bonds. The minimum absolute atomic E-state index is 0.139. The Morgan fingerprint density at radius 3 is 2.62 bits per heavy atom. The lowest BCUT2D eigenvalue weighted by Crippen LogP contribution is -2.41. The van der Waals surface area contributed by atoms with Crippen molar-refractivity contribution < 1.29 is 13.9 Å². The zero-order chi connectivity index (χ0) is 16.5. The number of H-pyrrole nitrogens is 1. The van der Waals surface area contributed by atoms with Gasteiger partial charge in [-0.3, -0.25) is 4.52 Å². The van der Waals surface area contributed by atoms with Crippen LogP contribution in [0.15, 0.2) is 63.9 Å². The van der Waals surface area contributed by atoms with E-state index in [0.29, 0.717) is 17.3 Å². The number of nitrogens with zero attached hydrogens (tertiary/aromatic N) is 1. The summed E-state index contributed by atoms with van der Waals surface area (Å²) in [4.78, 5) is 12.2. The highest BCUT2D eigenvalue weighted by Crippen LogP contribution is 2.36. The maximum atomic E-state index is 12.2. The molecule has 5 nitrogen and oxygen atoms in total. The van der Waals surface area contributed by atoms with Crippen molar-refractivity contribution in [1.82, 2.24) is 5.27 Å². The Morgan fingerprint density at radius 1 is 1.08 bits per heavy atom. The third kappa shape index (κ3) is 2.66. The van der Waals surface area contributed by atoms with E-state index < -0.39 is 11.7 Å². The second-order valence-corrected chi connectivity index (χ2v) is 6.15. The molecule has 0 fully saturated rings. The van der Waals surface area contributed by atoms with Gasteiger partial charge in [0.1, 0.15) is 0 Å². The highest BCUT2D eigenvalue weighted by atomic mass is 35.5. The summed E-state index contributed by atoms with van der Waals surface area (Å²) in [7, 11) is 0. The van der Waals surface area contributed by atoms with Gasteiger partial charge in [-0.1, -0.05) is 64.8 Å². The molecule has 4 rings (SSSR count). The molecule has 6 heteroatoms. The first-order chi connectivity index (χ1) is 11.7. The summed E-state index contributed by atoms with van der Waals surface area (Å²) in [6, 6.07) is 17.4. The lowest BCUT2D eigenvalue weighted by Gasteiger charge is -2.20. The number of halogens is 1. The predicted octanol–water partition coefficient (Wildman–Crippen LogP) is 3.16. The molecular weight excluding hydrogens is 328 g/mol. The number of aromatic nitrogens is 2. The molecule has 1 aliphatic heterocycles. The lowest BCUT2D eigenvalue weighted by atomic mass is 10.0. The second kappa shape index (κ2) is 6.26. The summed E-state index contributed by atoms with van der Waals surface area (Å²) in [6.45, 7) is 0.599. The highest BCUT2D eigenvalue weighted by Gasteiger charge is 2.39. The molecule has 1 N–H and O–H groups in total. The quantitative estimate of drug-likeness (QED) is 0.727. The first-order valence-corrected chi connectivity index (χ1v) is 8.18. The van der Waals surface area contributed by atoms with E-state index in [2.05, 4.69) is 5.27 Å². The van der Waals surface area contributed by atoms with E-state index in [9.17, 15) is 4.79 Å². The summed E-state index contributed by atoms with van der Waals surface area (Å²) >= 11 is 6.36. The molecule has 0 saturated carbocycles. The number of hydrogen-bond acceptors (Lipinski definition) is 3. The van der Waals surface area contributed by atoms with Crippen LogP contribution >= 0.6 is 11.6 Å². The molecule has 2 heterocycles. The molecule has 0 radical (unpaired) electrons. The normalized spacial score (nSPS) is 20.4. The minimum Gasteiger partial charge on any atom is -0.354 e. The van der Waals surface area contributed by atoms with Gasteiger partial charge in [0.05, 0.1) is 6.10 Å². The van der Waals surface area contributed by atoms with Gasteiger partial charge in [0.25, 0.3) is 0 Å². The first kappa shape index (κ1) is 15.2. The molecule has 1 aromatic heterocycles. The van der Waals surface area contributed by atoms with Crippen LogP contribution in [0.25, 0.3) is 0 Å². The molecule has 0 spiro atoms. The van der Waals surface area contributed by atoms with Crippen LogP contribution in [0.5, 0.6) is 0 Å². The molecule has 2 atom stereocenters. The molecule has 0 unspecified atom stereocenters. The fourth-order valence-electron chi connectivity index (χ4n) is 3.09. The lowest BCUT2D eigenvalue weighted by molar-refractivity contribution is -0.768. The molecule has 0 saturated heterocycles. The maximum Gasteiger partial charge on any atom is 0.433 e. The van der Waals surface area contributed by atoms with Crippen molar-refractivity contribution in [2.45, 2.75) is 25.2 Å². The number of nitrogens with one attached hydrogen (secondary N) is 1. The van der Waals surface area contributed by atoms with Gasteiger partial charge in [0, 0.05) is 17.0 Å². The summed E-state index contributed by atoms with van der Waals surface area (Å²) in [6.07, 6.45) is -0.00736. The number of aryl methyl sites for hydroxylation is 1. The number of fused-ring (bicyclic) bond motifs is 1. The van der Waals surface area contributed by atoms with E-state index >= 15 is 0 Å².